The lowest BCUT2D eigenvalue weighted by molar-refractivity contribution is -0.146. The van der Waals surface area contributed by atoms with Gasteiger partial charge in [0.15, 0.2) is 0 Å². The summed E-state index contributed by atoms with van der Waals surface area (Å²) in [5.41, 5.74) is 0. The molecule has 0 atom stereocenters. The zero-order valence-corrected chi connectivity index (χ0v) is 12.1. The summed E-state index contributed by atoms with van der Waals surface area (Å²) < 4.78 is 0. The first-order valence-electron chi connectivity index (χ1n) is 7.61. The highest BCUT2D eigenvalue weighted by molar-refractivity contribution is 5.84. The summed E-state index contributed by atoms with van der Waals surface area (Å²) in [4.78, 5) is 33.9. The van der Waals surface area contributed by atoms with E-state index in [9.17, 15) is 14.4 Å². The minimum atomic E-state index is -0.814. The van der Waals surface area contributed by atoms with Crippen LogP contribution in [-0.4, -0.2) is 41.6 Å². The number of aliphatic carboxylic acids is 1. The Labute approximate surface area is 123 Å². The van der Waals surface area contributed by atoms with Crippen LogP contribution >= 0.6 is 0 Å². The average molecular weight is 297 g/mol. The van der Waals surface area contributed by atoms with Gasteiger partial charge in [-0.05, 0) is 25.7 Å². The van der Waals surface area contributed by atoms with E-state index in [-0.39, 0.29) is 36.5 Å². The summed E-state index contributed by atoms with van der Waals surface area (Å²) in [7, 11) is 0. The number of carbonyl (C=O) groups excluding carboxylic acids is 2. The van der Waals surface area contributed by atoms with Gasteiger partial charge in [0, 0.05) is 12.1 Å². The molecule has 4 N–H and O–H groups in total. The molecule has 2 aliphatic carbocycles. The zero-order valence-electron chi connectivity index (χ0n) is 12.1. The van der Waals surface area contributed by atoms with Crippen LogP contribution in [0, 0.1) is 5.92 Å². The van der Waals surface area contributed by atoms with Gasteiger partial charge >= 0.3 is 12.0 Å². The third kappa shape index (κ3) is 4.91. The maximum atomic E-state index is 11.6. The molecule has 118 valence electrons. The molecule has 2 aliphatic rings. The molecule has 0 heterocycles. The maximum absolute atomic E-state index is 11.6. The monoisotopic (exact) mass is 297 g/mol. The Bertz CT molecular complexity index is 401. The molecule has 0 aromatic heterocycles. The zero-order chi connectivity index (χ0) is 15.2. The fraction of sp³-hybridized carbons (Fsp3) is 0.786. The van der Waals surface area contributed by atoms with Crippen LogP contribution in [0.15, 0.2) is 0 Å². The van der Waals surface area contributed by atoms with Gasteiger partial charge in [-0.2, -0.15) is 0 Å². The second-order valence-corrected chi connectivity index (χ2v) is 5.93. The molecular formula is C14H23N3O4. The molecule has 0 spiro atoms. The van der Waals surface area contributed by atoms with Crippen molar-refractivity contribution in [3.63, 3.8) is 0 Å². The number of hydrogen-bond acceptors (Lipinski definition) is 3. The molecule has 21 heavy (non-hydrogen) atoms. The fourth-order valence-corrected chi connectivity index (χ4v) is 2.86. The van der Waals surface area contributed by atoms with Crippen LogP contribution < -0.4 is 16.0 Å². The van der Waals surface area contributed by atoms with Crippen molar-refractivity contribution in [1.82, 2.24) is 16.0 Å². The number of nitrogens with one attached hydrogen (secondary N) is 3. The maximum Gasteiger partial charge on any atom is 0.315 e. The molecule has 7 nitrogen and oxygen atoms in total. The van der Waals surface area contributed by atoms with E-state index in [4.69, 9.17) is 5.11 Å². The van der Waals surface area contributed by atoms with Crippen LogP contribution in [-0.2, 0) is 9.59 Å². The summed E-state index contributed by atoms with van der Waals surface area (Å²) in [6, 6.07) is -0.180. The van der Waals surface area contributed by atoms with Crippen LogP contribution in [0.5, 0.6) is 0 Å². The number of carboxylic acid groups (broad SMARTS) is 1. The van der Waals surface area contributed by atoms with E-state index in [0.29, 0.717) is 12.8 Å². The van der Waals surface area contributed by atoms with Gasteiger partial charge in [0.05, 0.1) is 12.5 Å². The van der Waals surface area contributed by atoms with Crippen LogP contribution in [0.4, 0.5) is 4.79 Å². The first-order chi connectivity index (χ1) is 10.0. The molecule has 2 fully saturated rings. The summed E-state index contributed by atoms with van der Waals surface area (Å²) in [6.07, 6.45) is 6.43. The minimum Gasteiger partial charge on any atom is -0.481 e. The van der Waals surface area contributed by atoms with Gasteiger partial charge in [-0.3, -0.25) is 9.59 Å². The van der Waals surface area contributed by atoms with E-state index in [1.54, 1.807) is 0 Å². The molecule has 2 saturated carbocycles. The SMILES string of the molecule is O=C(CNC(=O)NC1CCCCC1)NC1CC(C(=O)O)C1. The van der Waals surface area contributed by atoms with Crippen molar-refractivity contribution >= 4 is 17.9 Å². The van der Waals surface area contributed by atoms with E-state index in [2.05, 4.69) is 16.0 Å². The highest BCUT2D eigenvalue weighted by Gasteiger charge is 2.35. The number of carboxylic acids is 1. The van der Waals surface area contributed by atoms with Gasteiger partial charge in [-0.15, -0.1) is 0 Å². The van der Waals surface area contributed by atoms with E-state index in [1.807, 2.05) is 0 Å². The van der Waals surface area contributed by atoms with Crippen LogP contribution in [0.3, 0.4) is 0 Å². The number of hydrogen-bond donors (Lipinski definition) is 4. The second-order valence-electron chi connectivity index (χ2n) is 5.93. The third-order valence-electron chi connectivity index (χ3n) is 4.20. The molecule has 0 saturated heterocycles. The van der Waals surface area contributed by atoms with Gasteiger partial charge in [-0.25, -0.2) is 4.79 Å². The lowest BCUT2D eigenvalue weighted by Gasteiger charge is -2.32. The molecule has 3 amide bonds. The highest BCUT2D eigenvalue weighted by Crippen LogP contribution is 2.27. The third-order valence-corrected chi connectivity index (χ3v) is 4.20. The quantitative estimate of drug-likeness (QED) is 0.596. The van der Waals surface area contributed by atoms with E-state index in [0.717, 1.165) is 25.7 Å². The topological polar surface area (TPSA) is 108 Å². The first-order valence-corrected chi connectivity index (χ1v) is 7.61. The van der Waals surface area contributed by atoms with Gasteiger partial charge < -0.3 is 21.1 Å². The Morgan fingerprint density at radius 3 is 2.24 bits per heavy atom. The van der Waals surface area contributed by atoms with Gasteiger partial charge in [0.2, 0.25) is 5.91 Å². The molecule has 0 radical (unpaired) electrons. The average Bonchev–Trinajstić information content (AvgIpc) is 2.41. The Morgan fingerprint density at radius 2 is 1.62 bits per heavy atom. The van der Waals surface area contributed by atoms with Gasteiger partial charge in [-0.1, -0.05) is 19.3 Å². The van der Waals surface area contributed by atoms with Gasteiger partial charge in [0.25, 0.3) is 0 Å². The number of rotatable bonds is 5. The largest absolute Gasteiger partial charge is 0.481 e. The molecule has 2 rings (SSSR count). The highest BCUT2D eigenvalue weighted by atomic mass is 16.4. The van der Waals surface area contributed by atoms with Crippen molar-refractivity contribution in [2.45, 2.75) is 57.0 Å². The summed E-state index contributed by atoms with van der Waals surface area (Å²) in [6.45, 7) is -0.0766. The van der Waals surface area contributed by atoms with Crippen LogP contribution in [0.2, 0.25) is 0 Å². The summed E-state index contributed by atoms with van der Waals surface area (Å²) in [5, 5.41) is 16.9. The lowest BCUT2D eigenvalue weighted by Crippen LogP contribution is -2.51. The Hall–Kier alpha value is -1.79. The van der Waals surface area contributed by atoms with E-state index >= 15 is 0 Å². The predicted octanol–water partition coefficient (Wildman–Crippen LogP) is 0.598. The van der Waals surface area contributed by atoms with Crippen LogP contribution in [0.25, 0.3) is 0 Å². The van der Waals surface area contributed by atoms with Crippen molar-refractivity contribution in [2.24, 2.45) is 5.92 Å². The summed E-state index contributed by atoms with van der Waals surface area (Å²) in [5.74, 6) is -1.44. The molecule has 0 aromatic rings. The number of amides is 3. The second kappa shape index (κ2) is 7.28. The van der Waals surface area contributed by atoms with E-state index < -0.39 is 5.97 Å². The first kappa shape index (κ1) is 15.6. The molecule has 0 bridgehead atoms. The van der Waals surface area contributed by atoms with Crippen LogP contribution in [0.1, 0.15) is 44.9 Å². The minimum absolute atomic E-state index is 0.0766. The smallest absolute Gasteiger partial charge is 0.315 e. The molecular weight excluding hydrogens is 274 g/mol. The van der Waals surface area contributed by atoms with E-state index in [1.165, 1.54) is 6.42 Å². The van der Waals surface area contributed by atoms with Crippen molar-refractivity contribution in [3.8, 4) is 0 Å². The lowest BCUT2D eigenvalue weighted by atomic mass is 9.80. The standard InChI is InChI=1S/C14H23N3O4/c18-12(16-11-6-9(7-11)13(19)20)8-15-14(21)17-10-4-2-1-3-5-10/h9-11H,1-8H2,(H,16,18)(H,19,20)(H2,15,17,21). The van der Waals surface area contributed by atoms with Crippen molar-refractivity contribution in [3.05, 3.63) is 0 Å². The number of urea groups is 1. The van der Waals surface area contributed by atoms with Crippen molar-refractivity contribution in [2.75, 3.05) is 6.54 Å². The molecule has 0 unspecified atom stereocenters. The molecule has 0 aromatic carbocycles. The Morgan fingerprint density at radius 1 is 0.952 bits per heavy atom. The van der Waals surface area contributed by atoms with Crippen molar-refractivity contribution < 1.29 is 19.5 Å². The molecule has 0 aliphatic heterocycles. The number of carbonyl (C=O) groups is 3. The van der Waals surface area contributed by atoms with Crippen molar-refractivity contribution in [1.29, 1.82) is 0 Å². The fourth-order valence-electron chi connectivity index (χ4n) is 2.86. The predicted molar refractivity (Wildman–Crippen MR) is 75.7 cm³/mol. The van der Waals surface area contributed by atoms with Gasteiger partial charge in [0.1, 0.15) is 0 Å². The summed E-state index contributed by atoms with van der Waals surface area (Å²) >= 11 is 0. The molecule has 7 heteroatoms. The Kier molecular flexibility index (Phi) is 5.41. The Balaban J connectivity index is 1.56. The normalized spacial score (nSPS) is 25.5.